The maximum atomic E-state index is 2.44. The first kappa shape index (κ1) is 31.5. The number of anilines is 3. The van der Waals surface area contributed by atoms with Crippen molar-refractivity contribution in [2.45, 2.75) is 19.3 Å². The van der Waals surface area contributed by atoms with E-state index in [1.54, 1.807) is 0 Å². The largest absolute Gasteiger partial charge is 0.310 e. The first-order valence-corrected chi connectivity index (χ1v) is 18.1. The average molecular weight is 666 g/mol. The van der Waals surface area contributed by atoms with Crippen LogP contribution in [0.3, 0.4) is 0 Å². The molecule has 0 bridgehead atoms. The van der Waals surface area contributed by atoms with Crippen LogP contribution in [-0.4, -0.2) is 0 Å². The molecule has 248 valence electrons. The lowest BCUT2D eigenvalue weighted by Gasteiger charge is -2.31. The lowest BCUT2D eigenvalue weighted by Crippen LogP contribution is -2.16. The van der Waals surface area contributed by atoms with Gasteiger partial charge in [-0.2, -0.15) is 0 Å². The lowest BCUT2D eigenvalue weighted by molar-refractivity contribution is 0.662. The Balaban J connectivity index is 1.30. The molecule has 0 heterocycles. The third-order valence-corrected chi connectivity index (χ3v) is 10.7. The zero-order valence-electron chi connectivity index (χ0n) is 29.5. The van der Waals surface area contributed by atoms with Gasteiger partial charge in [0.2, 0.25) is 0 Å². The molecule has 0 unspecified atom stereocenters. The molecular formula is C51H39N. The molecule has 0 N–H and O–H groups in total. The fourth-order valence-corrected chi connectivity index (χ4v) is 8.25. The van der Waals surface area contributed by atoms with E-state index in [1.807, 2.05) is 0 Å². The Labute approximate surface area is 307 Å². The van der Waals surface area contributed by atoms with Crippen LogP contribution in [0.2, 0.25) is 0 Å². The molecule has 1 aliphatic carbocycles. The van der Waals surface area contributed by atoms with Crippen LogP contribution in [0.15, 0.2) is 200 Å². The second kappa shape index (κ2) is 13.0. The number of hydrogen-bond donors (Lipinski definition) is 0. The Kier molecular flexibility index (Phi) is 7.90. The van der Waals surface area contributed by atoms with E-state index in [4.69, 9.17) is 0 Å². The highest BCUT2D eigenvalue weighted by Crippen LogP contribution is 2.54. The Hall–Kier alpha value is -6.44. The maximum absolute atomic E-state index is 2.44. The van der Waals surface area contributed by atoms with Gasteiger partial charge in [0.05, 0.1) is 5.69 Å². The molecular weight excluding hydrogens is 627 g/mol. The molecule has 1 aliphatic rings. The summed E-state index contributed by atoms with van der Waals surface area (Å²) >= 11 is 0. The Bertz CT molecular complexity index is 2510. The van der Waals surface area contributed by atoms with Crippen LogP contribution in [0, 0.1) is 0 Å². The minimum Gasteiger partial charge on any atom is -0.310 e. The standard InChI is InChI=1S/C51H39N/c1-51(2)47-29-13-12-25-43(47)45-27-15-28-46(50(45)51)44-26-16-30-48(49(44)39-21-10-5-11-22-39)52(41-33-31-38(32-34-41)36-17-6-3-7-18-36)42-24-14-23-40(35-42)37-19-8-4-9-20-37/h3-35H,1-2H3. The van der Waals surface area contributed by atoms with Gasteiger partial charge in [-0.3, -0.25) is 0 Å². The van der Waals surface area contributed by atoms with Crippen molar-refractivity contribution in [2.75, 3.05) is 4.90 Å². The van der Waals surface area contributed by atoms with E-state index in [0.717, 1.165) is 17.1 Å². The molecule has 0 radical (unpaired) electrons. The summed E-state index contributed by atoms with van der Waals surface area (Å²) in [5, 5.41) is 0. The zero-order valence-corrected chi connectivity index (χ0v) is 29.5. The third kappa shape index (κ3) is 5.43. The average Bonchev–Trinajstić information content (AvgIpc) is 3.45. The summed E-state index contributed by atoms with van der Waals surface area (Å²) in [5.74, 6) is 0. The summed E-state index contributed by atoms with van der Waals surface area (Å²) < 4.78 is 0. The molecule has 0 saturated heterocycles. The first-order valence-electron chi connectivity index (χ1n) is 18.1. The molecule has 1 nitrogen and oxygen atoms in total. The first-order chi connectivity index (χ1) is 25.6. The molecule has 0 saturated carbocycles. The summed E-state index contributed by atoms with van der Waals surface area (Å²) in [6.45, 7) is 4.76. The van der Waals surface area contributed by atoms with E-state index in [2.05, 4.69) is 219 Å². The molecule has 0 amide bonds. The molecule has 0 aliphatic heterocycles. The maximum Gasteiger partial charge on any atom is 0.0546 e. The smallest absolute Gasteiger partial charge is 0.0546 e. The summed E-state index contributed by atoms with van der Waals surface area (Å²) in [5.41, 5.74) is 18.3. The Morgan fingerprint density at radius 2 is 0.827 bits per heavy atom. The number of hydrogen-bond acceptors (Lipinski definition) is 1. The van der Waals surface area contributed by atoms with Gasteiger partial charge in [-0.05, 0) is 91.5 Å². The molecule has 52 heavy (non-hydrogen) atoms. The van der Waals surface area contributed by atoms with Gasteiger partial charge >= 0.3 is 0 Å². The molecule has 9 rings (SSSR count). The van der Waals surface area contributed by atoms with Crippen LogP contribution in [0.1, 0.15) is 25.0 Å². The van der Waals surface area contributed by atoms with E-state index in [-0.39, 0.29) is 5.41 Å². The quantitative estimate of drug-likeness (QED) is 0.164. The molecule has 0 atom stereocenters. The van der Waals surface area contributed by atoms with Crippen molar-refractivity contribution in [3.63, 3.8) is 0 Å². The highest BCUT2D eigenvalue weighted by Gasteiger charge is 2.38. The van der Waals surface area contributed by atoms with Gasteiger partial charge in [0.1, 0.15) is 0 Å². The van der Waals surface area contributed by atoms with Gasteiger partial charge < -0.3 is 4.90 Å². The van der Waals surface area contributed by atoms with Crippen LogP contribution >= 0.6 is 0 Å². The van der Waals surface area contributed by atoms with Gasteiger partial charge in [0.25, 0.3) is 0 Å². The van der Waals surface area contributed by atoms with E-state index in [1.165, 1.54) is 66.8 Å². The van der Waals surface area contributed by atoms with Crippen molar-refractivity contribution in [2.24, 2.45) is 0 Å². The normalized spacial score (nSPS) is 12.6. The fraction of sp³-hybridized carbons (Fsp3) is 0.0588. The SMILES string of the molecule is CC1(C)c2ccccc2-c2cccc(-c3cccc(N(c4ccc(-c5ccccc5)cc4)c4cccc(-c5ccccc5)c4)c3-c3ccccc3)c21. The number of nitrogens with zero attached hydrogens (tertiary/aromatic N) is 1. The number of rotatable bonds is 7. The predicted octanol–water partition coefficient (Wildman–Crippen LogP) is 14.1. The van der Waals surface area contributed by atoms with Gasteiger partial charge in [-0.25, -0.2) is 0 Å². The monoisotopic (exact) mass is 665 g/mol. The van der Waals surface area contributed by atoms with Crippen molar-refractivity contribution < 1.29 is 0 Å². The second-order valence-corrected chi connectivity index (χ2v) is 14.1. The summed E-state index contributed by atoms with van der Waals surface area (Å²) in [6, 6.07) is 72.8. The zero-order chi connectivity index (χ0) is 35.1. The number of benzene rings is 8. The Morgan fingerprint density at radius 3 is 1.52 bits per heavy atom. The molecule has 0 spiro atoms. The van der Waals surface area contributed by atoms with Crippen LogP contribution in [0.5, 0.6) is 0 Å². The van der Waals surface area contributed by atoms with Crippen LogP contribution in [0.25, 0.3) is 55.6 Å². The van der Waals surface area contributed by atoms with Gasteiger partial charge in [0.15, 0.2) is 0 Å². The van der Waals surface area contributed by atoms with Crippen molar-refractivity contribution in [1.29, 1.82) is 0 Å². The molecule has 0 aromatic heterocycles. The topological polar surface area (TPSA) is 3.24 Å². The summed E-state index contributed by atoms with van der Waals surface area (Å²) in [7, 11) is 0. The van der Waals surface area contributed by atoms with Crippen molar-refractivity contribution in [3.05, 3.63) is 211 Å². The highest BCUT2D eigenvalue weighted by molar-refractivity contribution is 6.00. The van der Waals surface area contributed by atoms with E-state index < -0.39 is 0 Å². The van der Waals surface area contributed by atoms with Crippen LogP contribution in [0.4, 0.5) is 17.1 Å². The van der Waals surface area contributed by atoms with E-state index in [9.17, 15) is 0 Å². The molecule has 8 aromatic carbocycles. The third-order valence-electron chi connectivity index (χ3n) is 10.7. The van der Waals surface area contributed by atoms with Crippen LogP contribution < -0.4 is 4.90 Å². The predicted molar refractivity (Wildman–Crippen MR) is 220 cm³/mol. The fourth-order valence-electron chi connectivity index (χ4n) is 8.25. The molecule has 8 aromatic rings. The van der Waals surface area contributed by atoms with E-state index in [0.29, 0.717) is 0 Å². The van der Waals surface area contributed by atoms with Crippen molar-refractivity contribution >= 4 is 17.1 Å². The van der Waals surface area contributed by atoms with Crippen LogP contribution in [-0.2, 0) is 5.41 Å². The summed E-state index contributed by atoms with van der Waals surface area (Å²) in [6.07, 6.45) is 0. The highest BCUT2D eigenvalue weighted by atomic mass is 15.1. The summed E-state index contributed by atoms with van der Waals surface area (Å²) in [4.78, 5) is 2.44. The molecule has 0 fully saturated rings. The lowest BCUT2D eigenvalue weighted by atomic mass is 9.77. The van der Waals surface area contributed by atoms with E-state index >= 15 is 0 Å². The minimum atomic E-state index is -0.149. The number of fused-ring (bicyclic) bond motifs is 3. The Morgan fingerprint density at radius 1 is 0.346 bits per heavy atom. The van der Waals surface area contributed by atoms with Gasteiger partial charge in [0, 0.05) is 22.4 Å². The van der Waals surface area contributed by atoms with Crippen molar-refractivity contribution in [3.8, 4) is 55.6 Å². The van der Waals surface area contributed by atoms with Gasteiger partial charge in [-0.15, -0.1) is 0 Å². The molecule has 1 heteroatoms. The van der Waals surface area contributed by atoms with Crippen molar-refractivity contribution in [1.82, 2.24) is 0 Å². The minimum absolute atomic E-state index is 0.149. The second-order valence-electron chi connectivity index (χ2n) is 14.1. The van der Waals surface area contributed by atoms with Gasteiger partial charge in [-0.1, -0.05) is 184 Å².